The van der Waals surface area contributed by atoms with Gasteiger partial charge in [0.05, 0.1) is 0 Å². The highest BCUT2D eigenvalue weighted by Crippen LogP contribution is 2.23. The van der Waals surface area contributed by atoms with Crippen molar-refractivity contribution < 1.29 is 14.4 Å². The van der Waals surface area contributed by atoms with E-state index in [1.807, 2.05) is 18.2 Å². The second kappa shape index (κ2) is 4.69. The zero-order chi connectivity index (χ0) is 12.4. The molecule has 2 nitrogen and oxygen atoms in total. The maximum atomic E-state index is 14.0. The average molecular weight is 230 g/mol. The molecule has 4 heteroatoms. The summed E-state index contributed by atoms with van der Waals surface area (Å²) in [6.07, 6.45) is 0. The first kappa shape index (κ1) is 11.8. The van der Waals surface area contributed by atoms with Crippen LogP contribution in [0.25, 0.3) is 11.1 Å². The van der Waals surface area contributed by atoms with Gasteiger partial charge in [0.15, 0.2) is 0 Å². The fourth-order valence-electron chi connectivity index (χ4n) is 1.77. The fraction of sp³-hybridized carbons (Fsp3) is 0.0769. The highest BCUT2D eigenvalue weighted by Gasteiger charge is 2.16. The highest BCUT2D eigenvalue weighted by molar-refractivity contribution is 6.58. The fourth-order valence-corrected chi connectivity index (χ4v) is 1.77. The zero-order valence-electron chi connectivity index (χ0n) is 9.39. The van der Waals surface area contributed by atoms with Crippen molar-refractivity contribution in [3.05, 3.63) is 53.8 Å². The van der Waals surface area contributed by atoms with Crippen LogP contribution in [0.3, 0.4) is 0 Å². The smallest absolute Gasteiger partial charge is 0.423 e. The summed E-state index contributed by atoms with van der Waals surface area (Å²) in [5.74, 6) is -0.333. The van der Waals surface area contributed by atoms with E-state index in [9.17, 15) is 4.39 Å². The Morgan fingerprint density at radius 3 is 2.29 bits per heavy atom. The predicted molar refractivity (Wildman–Crippen MR) is 66.4 cm³/mol. The largest absolute Gasteiger partial charge is 0.488 e. The van der Waals surface area contributed by atoms with Crippen LogP contribution in [0.4, 0.5) is 4.39 Å². The first-order chi connectivity index (χ1) is 8.09. The van der Waals surface area contributed by atoms with Crippen LogP contribution in [-0.2, 0) is 0 Å². The lowest BCUT2D eigenvalue weighted by Crippen LogP contribution is -2.30. The minimum atomic E-state index is -1.59. The van der Waals surface area contributed by atoms with Gasteiger partial charge in [0.2, 0.25) is 0 Å². The molecule has 2 aromatic rings. The Morgan fingerprint density at radius 2 is 1.71 bits per heavy atom. The number of halogens is 1. The number of aryl methyl sites for hydroxylation is 1. The number of benzene rings is 2. The quantitative estimate of drug-likeness (QED) is 0.767. The van der Waals surface area contributed by atoms with Crippen LogP contribution in [0, 0.1) is 12.7 Å². The molecule has 0 atom stereocenters. The minimum absolute atomic E-state index is 0.294. The highest BCUT2D eigenvalue weighted by atomic mass is 19.1. The van der Waals surface area contributed by atoms with E-state index < -0.39 is 7.12 Å². The molecule has 0 spiro atoms. The Bertz CT molecular complexity index is 526. The summed E-state index contributed by atoms with van der Waals surface area (Å²) in [6.45, 7) is 1.60. The van der Waals surface area contributed by atoms with Crippen molar-refractivity contribution in [1.29, 1.82) is 0 Å². The molecule has 17 heavy (non-hydrogen) atoms. The van der Waals surface area contributed by atoms with E-state index in [1.54, 1.807) is 19.1 Å². The molecule has 86 valence electrons. The van der Waals surface area contributed by atoms with E-state index in [-0.39, 0.29) is 5.82 Å². The lowest BCUT2D eigenvalue weighted by Gasteiger charge is -2.09. The van der Waals surface area contributed by atoms with Crippen LogP contribution >= 0.6 is 0 Å². The SMILES string of the molecule is Cc1cc(B(O)O)cc(-c2ccccc2)c1F. The Labute approximate surface area is 99.5 Å². The Hall–Kier alpha value is -1.65. The summed E-state index contributed by atoms with van der Waals surface area (Å²) in [5, 5.41) is 18.3. The van der Waals surface area contributed by atoms with Gasteiger partial charge in [-0.2, -0.15) is 0 Å². The van der Waals surface area contributed by atoms with E-state index in [4.69, 9.17) is 10.0 Å². The molecular formula is C13H12BFO2. The minimum Gasteiger partial charge on any atom is -0.423 e. The van der Waals surface area contributed by atoms with Crippen LogP contribution in [0.1, 0.15) is 5.56 Å². The van der Waals surface area contributed by atoms with E-state index in [0.717, 1.165) is 5.56 Å². The molecule has 0 unspecified atom stereocenters. The standard InChI is InChI=1S/C13H12BFO2/c1-9-7-11(14(16)17)8-12(13(9)15)10-5-3-2-4-6-10/h2-8,16-17H,1H3. The Morgan fingerprint density at radius 1 is 1.06 bits per heavy atom. The molecule has 0 fully saturated rings. The van der Waals surface area contributed by atoms with Crippen molar-refractivity contribution in [3.8, 4) is 11.1 Å². The second-order valence-electron chi connectivity index (χ2n) is 3.94. The predicted octanol–water partition coefficient (Wildman–Crippen LogP) is 1.48. The van der Waals surface area contributed by atoms with E-state index >= 15 is 0 Å². The van der Waals surface area contributed by atoms with Crippen molar-refractivity contribution >= 4 is 12.6 Å². The molecule has 0 bridgehead atoms. The van der Waals surface area contributed by atoms with Gasteiger partial charge in [0.1, 0.15) is 5.82 Å². The molecule has 0 aromatic heterocycles. The van der Waals surface area contributed by atoms with Crippen molar-refractivity contribution in [3.63, 3.8) is 0 Å². The van der Waals surface area contributed by atoms with Gasteiger partial charge in [-0.1, -0.05) is 42.5 Å². The van der Waals surface area contributed by atoms with Crippen molar-refractivity contribution in [1.82, 2.24) is 0 Å². The average Bonchev–Trinajstić information content (AvgIpc) is 2.33. The number of hydrogen-bond donors (Lipinski definition) is 2. The van der Waals surface area contributed by atoms with Gasteiger partial charge in [-0.15, -0.1) is 0 Å². The van der Waals surface area contributed by atoms with Gasteiger partial charge in [-0.05, 0) is 23.5 Å². The third-order valence-corrected chi connectivity index (χ3v) is 2.66. The molecule has 0 saturated heterocycles. The molecule has 2 rings (SSSR count). The number of hydrogen-bond acceptors (Lipinski definition) is 2. The van der Waals surface area contributed by atoms with Gasteiger partial charge < -0.3 is 10.0 Å². The summed E-state index contributed by atoms with van der Waals surface area (Å²) in [7, 11) is -1.59. The van der Waals surface area contributed by atoms with E-state index in [1.165, 1.54) is 12.1 Å². The third-order valence-electron chi connectivity index (χ3n) is 2.66. The maximum absolute atomic E-state index is 14.0. The molecule has 0 aliphatic carbocycles. The van der Waals surface area contributed by atoms with E-state index in [0.29, 0.717) is 16.6 Å². The lowest BCUT2D eigenvalue weighted by atomic mass is 9.78. The molecule has 0 amide bonds. The molecule has 0 aliphatic heterocycles. The van der Waals surface area contributed by atoms with Crippen molar-refractivity contribution in [2.45, 2.75) is 6.92 Å². The molecule has 0 heterocycles. The topological polar surface area (TPSA) is 40.5 Å². The maximum Gasteiger partial charge on any atom is 0.488 e. The summed E-state index contributed by atoms with van der Waals surface area (Å²) in [5.41, 5.74) is 1.79. The summed E-state index contributed by atoms with van der Waals surface area (Å²) in [6, 6.07) is 11.9. The molecular weight excluding hydrogens is 218 g/mol. The molecule has 0 saturated carbocycles. The van der Waals surface area contributed by atoms with Gasteiger partial charge in [0.25, 0.3) is 0 Å². The first-order valence-corrected chi connectivity index (χ1v) is 5.31. The summed E-state index contributed by atoms with van der Waals surface area (Å²) >= 11 is 0. The third kappa shape index (κ3) is 2.38. The molecule has 0 aliphatic rings. The first-order valence-electron chi connectivity index (χ1n) is 5.31. The Balaban J connectivity index is 2.61. The summed E-state index contributed by atoms with van der Waals surface area (Å²) < 4.78 is 14.0. The van der Waals surface area contributed by atoms with Crippen molar-refractivity contribution in [2.24, 2.45) is 0 Å². The van der Waals surface area contributed by atoms with Gasteiger partial charge >= 0.3 is 7.12 Å². The molecule has 0 radical (unpaired) electrons. The summed E-state index contributed by atoms with van der Waals surface area (Å²) in [4.78, 5) is 0. The van der Waals surface area contributed by atoms with Gasteiger partial charge in [0, 0.05) is 5.56 Å². The molecule has 2 aromatic carbocycles. The van der Waals surface area contributed by atoms with E-state index in [2.05, 4.69) is 0 Å². The van der Waals surface area contributed by atoms with Crippen LogP contribution in [0.2, 0.25) is 0 Å². The van der Waals surface area contributed by atoms with Crippen LogP contribution < -0.4 is 5.46 Å². The normalized spacial score (nSPS) is 10.4. The second-order valence-corrected chi connectivity index (χ2v) is 3.94. The van der Waals surface area contributed by atoms with Gasteiger partial charge in [-0.3, -0.25) is 0 Å². The van der Waals surface area contributed by atoms with Crippen LogP contribution in [0.15, 0.2) is 42.5 Å². The van der Waals surface area contributed by atoms with Crippen molar-refractivity contribution in [2.75, 3.05) is 0 Å². The van der Waals surface area contributed by atoms with Crippen LogP contribution in [0.5, 0.6) is 0 Å². The van der Waals surface area contributed by atoms with Gasteiger partial charge in [-0.25, -0.2) is 4.39 Å². The van der Waals surface area contributed by atoms with Crippen LogP contribution in [-0.4, -0.2) is 17.2 Å². The monoisotopic (exact) mass is 230 g/mol. The molecule has 2 N–H and O–H groups in total. The number of rotatable bonds is 2. The zero-order valence-corrected chi connectivity index (χ0v) is 9.39. The lowest BCUT2D eigenvalue weighted by molar-refractivity contribution is 0.425. The Kier molecular flexibility index (Phi) is 3.27.